The number of halogens is 2. The van der Waals surface area contributed by atoms with Gasteiger partial charge in [0.15, 0.2) is 16.8 Å². The van der Waals surface area contributed by atoms with Crippen LogP contribution in [0.3, 0.4) is 0 Å². The van der Waals surface area contributed by atoms with Crippen LogP contribution in [0.2, 0.25) is 0 Å². The summed E-state index contributed by atoms with van der Waals surface area (Å²) in [5.74, 6) is -1.96. The maximum absolute atomic E-state index is 13.3. The second kappa shape index (κ2) is 8.23. The van der Waals surface area contributed by atoms with Crippen molar-refractivity contribution < 1.29 is 13.6 Å². The highest BCUT2D eigenvalue weighted by molar-refractivity contribution is 7.15. The number of rotatable bonds is 6. The summed E-state index contributed by atoms with van der Waals surface area (Å²) in [6.07, 6.45) is 3.70. The van der Waals surface area contributed by atoms with Crippen LogP contribution < -0.4 is 5.32 Å². The molecule has 0 bridgehead atoms. The van der Waals surface area contributed by atoms with Gasteiger partial charge in [0, 0.05) is 17.5 Å². The van der Waals surface area contributed by atoms with Crippen molar-refractivity contribution in [1.82, 2.24) is 25.2 Å². The van der Waals surface area contributed by atoms with E-state index in [1.807, 2.05) is 24.3 Å². The molecule has 2 aromatic heterocycles. The van der Waals surface area contributed by atoms with Crippen molar-refractivity contribution in [3.05, 3.63) is 82.6 Å². The Bertz CT molecular complexity index is 1130. The van der Waals surface area contributed by atoms with Gasteiger partial charge in [-0.1, -0.05) is 18.2 Å². The average Bonchev–Trinajstić information content (AvgIpc) is 3.38. The fourth-order valence-electron chi connectivity index (χ4n) is 2.69. The molecule has 146 valence electrons. The van der Waals surface area contributed by atoms with Crippen molar-refractivity contribution in [2.75, 3.05) is 5.32 Å². The largest absolute Gasteiger partial charge is 0.302 e. The van der Waals surface area contributed by atoms with Gasteiger partial charge in [0.25, 0.3) is 0 Å². The lowest BCUT2D eigenvalue weighted by Gasteiger charge is -2.04. The third-order valence-corrected chi connectivity index (χ3v) is 4.99. The molecule has 4 aromatic rings. The van der Waals surface area contributed by atoms with Gasteiger partial charge in [0.05, 0.1) is 12.1 Å². The van der Waals surface area contributed by atoms with Gasteiger partial charge in [-0.05, 0) is 45.8 Å². The Balaban J connectivity index is 1.34. The Labute approximate surface area is 168 Å². The molecular formula is C19H14F2N6OS. The Morgan fingerprint density at radius 3 is 2.59 bits per heavy atom. The number of amides is 1. The first-order valence-electron chi connectivity index (χ1n) is 8.57. The Kier molecular flexibility index (Phi) is 5.34. The summed E-state index contributed by atoms with van der Waals surface area (Å²) in [4.78, 5) is 17.3. The number of thiazole rings is 1. The van der Waals surface area contributed by atoms with Crippen LogP contribution in [0.1, 0.15) is 16.0 Å². The molecule has 2 heterocycles. The number of hydrogen-bond donors (Lipinski definition) is 1. The summed E-state index contributed by atoms with van der Waals surface area (Å²) in [7, 11) is 0. The van der Waals surface area contributed by atoms with E-state index in [1.165, 1.54) is 28.4 Å². The van der Waals surface area contributed by atoms with Crippen molar-refractivity contribution >= 4 is 22.4 Å². The molecule has 0 spiro atoms. The molecule has 0 aliphatic carbocycles. The fourth-order valence-corrected chi connectivity index (χ4v) is 3.56. The predicted molar refractivity (Wildman–Crippen MR) is 103 cm³/mol. The number of aromatic nitrogens is 5. The molecule has 4 rings (SSSR count). The van der Waals surface area contributed by atoms with Crippen LogP contribution in [-0.2, 0) is 17.6 Å². The van der Waals surface area contributed by atoms with E-state index in [4.69, 9.17) is 0 Å². The smallest absolute Gasteiger partial charge is 0.230 e. The third kappa shape index (κ3) is 4.66. The zero-order valence-electron chi connectivity index (χ0n) is 14.9. The van der Waals surface area contributed by atoms with E-state index in [9.17, 15) is 13.6 Å². The van der Waals surface area contributed by atoms with Crippen LogP contribution in [0.15, 0.2) is 55.0 Å². The average molecular weight is 412 g/mol. The van der Waals surface area contributed by atoms with Gasteiger partial charge in [-0.25, -0.2) is 18.4 Å². The van der Waals surface area contributed by atoms with Crippen molar-refractivity contribution in [2.24, 2.45) is 0 Å². The number of hydrogen-bond acceptors (Lipinski definition) is 6. The van der Waals surface area contributed by atoms with Crippen LogP contribution in [-0.4, -0.2) is 31.1 Å². The van der Waals surface area contributed by atoms with Crippen LogP contribution in [0.5, 0.6) is 0 Å². The second-order valence-electron chi connectivity index (χ2n) is 6.20. The number of nitrogens with one attached hydrogen (secondary N) is 1. The number of tetrazole rings is 1. The monoisotopic (exact) mass is 412 g/mol. The molecule has 1 N–H and O–H groups in total. The van der Waals surface area contributed by atoms with E-state index in [0.717, 1.165) is 28.3 Å². The lowest BCUT2D eigenvalue weighted by Crippen LogP contribution is -2.14. The SMILES string of the molecule is O=C(Cc1ccc(-n2cnnn2)cc1)Nc1ncc(Cc2ccc(F)c(F)c2)s1. The Hall–Kier alpha value is -3.53. The number of nitrogens with zero attached hydrogens (tertiary/aromatic N) is 5. The van der Waals surface area contributed by atoms with E-state index in [2.05, 4.69) is 25.8 Å². The van der Waals surface area contributed by atoms with Gasteiger partial charge in [-0.3, -0.25) is 4.79 Å². The molecule has 0 aliphatic rings. The molecule has 0 radical (unpaired) electrons. The normalized spacial score (nSPS) is 10.8. The van der Waals surface area contributed by atoms with Crippen molar-refractivity contribution in [3.63, 3.8) is 0 Å². The van der Waals surface area contributed by atoms with E-state index in [1.54, 1.807) is 6.20 Å². The summed E-state index contributed by atoms with van der Waals surface area (Å²) < 4.78 is 27.9. The Morgan fingerprint density at radius 2 is 1.86 bits per heavy atom. The maximum Gasteiger partial charge on any atom is 0.230 e. The summed E-state index contributed by atoms with van der Waals surface area (Å²) in [6.45, 7) is 0. The molecular weight excluding hydrogens is 398 g/mol. The minimum atomic E-state index is -0.883. The molecule has 2 aromatic carbocycles. The molecule has 0 atom stereocenters. The molecule has 0 unspecified atom stereocenters. The maximum atomic E-state index is 13.3. The highest BCUT2D eigenvalue weighted by atomic mass is 32.1. The highest BCUT2D eigenvalue weighted by Gasteiger charge is 2.10. The number of carbonyl (C=O) groups is 1. The first-order chi connectivity index (χ1) is 14.1. The molecule has 0 saturated heterocycles. The van der Waals surface area contributed by atoms with Gasteiger partial charge in [0.2, 0.25) is 5.91 Å². The van der Waals surface area contributed by atoms with Crippen LogP contribution >= 0.6 is 11.3 Å². The number of anilines is 1. The molecule has 10 heteroatoms. The molecule has 0 saturated carbocycles. The van der Waals surface area contributed by atoms with Crippen LogP contribution in [0, 0.1) is 11.6 Å². The molecule has 7 nitrogen and oxygen atoms in total. The van der Waals surface area contributed by atoms with Crippen molar-refractivity contribution in [1.29, 1.82) is 0 Å². The minimum Gasteiger partial charge on any atom is -0.302 e. The Morgan fingerprint density at radius 1 is 1.07 bits per heavy atom. The van der Waals surface area contributed by atoms with Crippen LogP contribution in [0.4, 0.5) is 13.9 Å². The lowest BCUT2D eigenvalue weighted by molar-refractivity contribution is -0.115. The van der Waals surface area contributed by atoms with Crippen molar-refractivity contribution in [3.8, 4) is 5.69 Å². The predicted octanol–water partition coefficient (Wildman–Crippen LogP) is 3.17. The standard InChI is InChI=1S/C19H14F2N6OS/c20-16-6-3-13(8-17(16)21)7-15-10-22-19(29-15)24-18(28)9-12-1-4-14(5-2-12)27-11-23-25-26-27/h1-6,8,10-11H,7,9H2,(H,22,24,28). The topological polar surface area (TPSA) is 85.6 Å². The van der Waals surface area contributed by atoms with Gasteiger partial charge in [-0.2, -0.15) is 0 Å². The van der Waals surface area contributed by atoms with E-state index >= 15 is 0 Å². The molecule has 0 fully saturated rings. The summed E-state index contributed by atoms with van der Waals surface area (Å²) in [5.41, 5.74) is 2.26. The van der Waals surface area contributed by atoms with Gasteiger partial charge in [0.1, 0.15) is 6.33 Å². The minimum absolute atomic E-state index is 0.188. The van der Waals surface area contributed by atoms with Gasteiger partial charge < -0.3 is 5.32 Å². The first-order valence-corrected chi connectivity index (χ1v) is 9.39. The highest BCUT2D eigenvalue weighted by Crippen LogP contribution is 2.22. The number of benzene rings is 2. The summed E-state index contributed by atoms with van der Waals surface area (Å²) >= 11 is 1.29. The van der Waals surface area contributed by atoms with Gasteiger partial charge >= 0.3 is 0 Å². The molecule has 0 aliphatic heterocycles. The van der Waals surface area contributed by atoms with E-state index in [0.29, 0.717) is 17.1 Å². The fraction of sp³-hybridized carbons (Fsp3) is 0.105. The van der Waals surface area contributed by atoms with Crippen LogP contribution in [0.25, 0.3) is 5.69 Å². The van der Waals surface area contributed by atoms with Crippen molar-refractivity contribution in [2.45, 2.75) is 12.8 Å². The molecule has 29 heavy (non-hydrogen) atoms. The second-order valence-corrected chi connectivity index (χ2v) is 7.32. The zero-order valence-corrected chi connectivity index (χ0v) is 15.7. The summed E-state index contributed by atoms with van der Waals surface area (Å²) in [6, 6.07) is 11.1. The van der Waals surface area contributed by atoms with E-state index in [-0.39, 0.29) is 12.3 Å². The molecule has 1 amide bonds. The zero-order chi connectivity index (χ0) is 20.2. The van der Waals surface area contributed by atoms with Gasteiger partial charge in [-0.15, -0.1) is 16.4 Å². The number of carbonyl (C=O) groups excluding carboxylic acids is 1. The third-order valence-electron chi connectivity index (χ3n) is 4.08. The van der Waals surface area contributed by atoms with E-state index < -0.39 is 11.6 Å². The first kappa shape index (κ1) is 18.8. The lowest BCUT2D eigenvalue weighted by atomic mass is 10.1. The summed E-state index contributed by atoms with van der Waals surface area (Å²) in [5, 5.41) is 14.2. The quantitative estimate of drug-likeness (QED) is 0.526.